The highest BCUT2D eigenvalue weighted by atomic mass is 32.1. The van der Waals surface area contributed by atoms with Gasteiger partial charge >= 0.3 is 0 Å². The summed E-state index contributed by atoms with van der Waals surface area (Å²) in [6.45, 7) is 2.05. The summed E-state index contributed by atoms with van der Waals surface area (Å²) in [5, 5.41) is 5.13. The quantitative estimate of drug-likeness (QED) is 0.783. The third-order valence-electron chi connectivity index (χ3n) is 3.84. The van der Waals surface area contributed by atoms with Crippen LogP contribution in [0.4, 0.5) is 0 Å². The Morgan fingerprint density at radius 2 is 2.13 bits per heavy atom. The molecule has 0 bridgehead atoms. The van der Waals surface area contributed by atoms with E-state index in [4.69, 9.17) is 0 Å². The van der Waals surface area contributed by atoms with Gasteiger partial charge in [-0.25, -0.2) is 4.98 Å². The fraction of sp³-hybridized carbons (Fsp3) is 0.222. The first-order valence-corrected chi connectivity index (χ1v) is 8.37. The van der Waals surface area contributed by atoms with Gasteiger partial charge in [-0.2, -0.15) is 0 Å². The number of benzene rings is 1. The summed E-state index contributed by atoms with van der Waals surface area (Å²) in [6.07, 6.45) is 4.04. The van der Waals surface area contributed by atoms with E-state index < -0.39 is 0 Å². The standard InChI is InChI=1S/C18H19N3OS/c1-13-6-3-4-8-15(13)17(18-19-9-10-21(18)2)20-16(22)12-14-7-5-11-23-14/h3-11,17H,12H2,1-2H3,(H,20,22). The molecule has 2 aromatic heterocycles. The van der Waals surface area contributed by atoms with Crippen LogP contribution in [-0.2, 0) is 18.3 Å². The zero-order valence-corrected chi connectivity index (χ0v) is 14.0. The summed E-state index contributed by atoms with van der Waals surface area (Å²) in [5.41, 5.74) is 2.21. The largest absolute Gasteiger partial charge is 0.342 e. The van der Waals surface area contributed by atoms with Gasteiger partial charge in [0.1, 0.15) is 11.9 Å². The minimum absolute atomic E-state index is 0.00343. The highest BCUT2D eigenvalue weighted by Gasteiger charge is 2.22. The molecule has 4 nitrogen and oxygen atoms in total. The molecule has 0 saturated carbocycles. The van der Waals surface area contributed by atoms with E-state index in [0.29, 0.717) is 6.42 Å². The average Bonchev–Trinajstić information content (AvgIpc) is 3.17. The van der Waals surface area contributed by atoms with Crippen LogP contribution in [0.15, 0.2) is 54.2 Å². The predicted octanol–water partition coefficient (Wildman–Crippen LogP) is 3.24. The lowest BCUT2D eigenvalue weighted by Crippen LogP contribution is -2.32. The van der Waals surface area contributed by atoms with Gasteiger partial charge in [0.05, 0.1) is 6.42 Å². The second-order valence-electron chi connectivity index (χ2n) is 5.51. The van der Waals surface area contributed by atoms with Gasteiger partial charge in [-0.1, -0.05) is 30.3 Å². The van der Waals surface area contributed by atoms with Crippen LogP contribution in [-0.4, -0.2) is 15.5 Å². The van der Waals surface area contributed by atoms with Gasteiger partial charge in [0.25, 0.3) is 0 Å². The summed E-state index contributed by atoms with van der Waals surface area (Å²) in [5.74, 6) is 0.836. The average molecular weight is 325 g/mol. The third-order valence-corrected chi connectivity index (χ3v) is 4.71. The number of nitrogens with zero attached hydrogens (tertiary/aromatic N) is 2. The Hall–Kier alpha value is -2.40. The topological polar surface area (TPSA) is 46.9 Å². The summed E-state index contributed by atoms with van der Waals surface area (Å²) >= 11 is 1.60. The molecule has 1 N–H and O–H groups in total. The van der Waals surface area contributed by atoms with E-state index in [1.807, 2.05) is 53.5 Å². The molecule has 0 fully saturated rings. The molecule has 0 radical (unpaired) electrons. The van der Waals surface area contributed by atoms with Crippen molar-refractivity contribution >= 4 is 17.2 Å². The lowest BCUT2D eigenvalue weighted by atomic mass is 10.0. The van der Waals surface area contributed by atoms with Gasteiger partial charge in [-0.05, 0) is 29.5 Å². The first kappa shape index (κ1) is 15.5. The molecule has 0 spiro atoms. The Kier molecular flexibility index (Phi) is 4.57. The molecule has 5 heteroatoms. The van der Waals surface area contributed by atoms with E-state index in [9.17, 15) is 4.79 Å². The van der Waals surface area contributed by atoms with Crippen LogP contribution in [0.2, 0.25) is 0 Å². The molecule has 1 atom stereocenters. The Morgan fingerprint density at radius 1 is 1.30 bits per heavy atom. The molecule has 0 saturated heterocycles. The fourth-order valence-corrected chi connectivity index (χ4v) is 3.33. The second kappa shape index (κ2) is 6.79. The van der Waals surface area contributed by atoms with Crippen molar-refractivity contribution in [3.8, 4) is 0 Å². The Morgan fingerprint density at radius 3 is 2.78 bits per heavy atom. The maximum atomic E-state index is 12.5. The Balaban J connectivity index is 1.88. The molecule has 1 unspecified atom stereocenters. The Labute approximate surface area is 139 Å². The van der Waals surface area contributed by atoms with Gasteiger partial charge in [0.2, 0.25) is 5.91 Å². The van der Waals surface area contributed by atoms with Crippen molar-refractivity contribution in [1.82, 2.24) is 14.9 Å². The second-order valence-corrected chi connectivity index (χ2v) is 6.54. The van der Waals surface area contributed by atoms with Crippen LogP contribution in [0.5, 0.6) is 0 Å². The predicted molar refractivity (Wildman–Crippen MR) is 92.4 cm³/mol. The van der Waals surface area contributed by atoms with Gasteiger partial charge < -0.3 is 9.88 Å². The lowest BCUT2D eigenvalue weighted by Gasteiger charge is -2.20. The number of carbonyl (C=O) groups is 1. The third kappa shape index (κ3) is 3.51. The van der Waals surface area contributed by atoms with E-state index in [-0.39, 0.29) is 11.9 Å². The molecular weight excluding hydrogens is 306 g/mol. The molecule has 0 aliphatic heterocycles. The number of hydrogen-bond acceptors (Lipinski definition) is 3. The normalized spacial score (nSPS) is 12.1. The first-order chi connectivity index (χ1) is 11.1. The van der Waals surface area contributed by atoms with E-state index in [1.54, 1.807) is 17.5 Å². The molecule has 1 amide bonds. The zero-order valence-electron chi connectivity index (χ0n) is 13.2. The van der Waals surface area contributed by atoms with Crippen molar-refractivity contribution in [3.63, 3.8) is 0 Å². The number of thiophene rings is 1. The van der Waals surface area contributed by atoms with Crippen molar-refractivity contribution in [2.45, 2.75) is 19.4 Å². The van der Waals surface area contributed by atoms with Crippen LogP contribution in [0.1, 0.15) is 27.9 Å². The van der Waals surface area contributed by atoms with E-state index in [1.165, 1.54) is 0 Å². The van der Waals surface area contributed by atoms with Crippen molar-refractivity contribution in [3.05, 3.63) is 76.0 Å². The van der Waals surface area contributed by atoms with Crippen LogP contribution < -0.4 is 5.32 Å². The number of rotatable bonds is 5. The van der Waals surface area contributed by atoms with E-state index >= 15 is 0 Å². The van der Waals surface area contributed by atoms with Gasteiger partial charge in [0.15, 0.2) is 0 Å². The smallest absolute Gasteiger partial charge is 0.226 e. The van der Waals surface area contributed by atoms with Crippen LogP contribution in [0.3, 0.4) is 0 Å². The van der Waals surface area contributed by atoms with Gasteiger partial charge in [-0.15, -0.1) is 11.3 Å². The molecule has 0 aliphatic carbocycles. The van der Waals surface area contributed by atoms with Crippen LogP contribution >= 0.6 is 11.3 Å². The van der Waals surface area contributed by atoms with E-state index in [0.717, 1.165) is 21.8 Å². The number of nitrogens with one attached hydrogen (secondary N) is 1. The number of imidazole rings is 1. The fourth-order valence-electron chi connectivity index (χ4n) is 2.63. The number of amides is 1. The number of hydrogen-bond donors (Lipinski definition) is 1. The molecular formula is C18H19N3OS. The molecule has 23 heavy (non-hydrogen) atoms. The SMILES string of the molecule is Cc1ccccc1C(NC(=O)Cc1cccs1)c1nccn1C. The van der Waals surface area contributed by atoms with Crippen molar-refractivity contribution in [2.24, 2.45) is 7.05 Å². The zero-order chi connectivity index (χ0) is 16.2. The van der Waals surface area contributed by atoms with Crippen LogP contribution in [0.25, 0.3) is 0 Å². The minimum atomic E-state index is -0.247. The monoisotopic (exact) mass is 325 g/mol. The summed E-state index contributed by atoms with van der Waals surface area (Å²) < 4.78 is 1.95. The van der Waals surface area contributed by atoms with Crippen LogP contribution in [0, 0.1) is 6.92 Å². The van der Waals surface area contributed by atoms with Crippen molar-refractivity contribution in [2.75, 3.05) is 0 Å². The minimum Gasteiger partial charge on any atom is -0.342 e. The summed E-state index contributed by atoms with van der Waals surface area (Å²) in [4.78, 5) is 18.0. The molecule has 3 aromatic rings. The maximum Gasteiger partial charge on any atom is 0.226 e. The number of aromatic nitrogens is 2. The van der Waals surface area contributed by atoms with Crippen molar-refractivity contribution in [1.29, 1.82) is 0 Å². The summed E-state index contributed by atoms with van der Waals surface area (Å²) in [7, 11) is 1.94. The molecule has 2 heterocycles. The van der Waals surface area contributed by atoms with E-state index in [2.05, 4.69) is 23.3 Å². The Bertz CT molecular complexity index is 792. The maximum absolute atomic E-state index is 12.5. The molecule has 1 aromatic carbocycles. The highest BCUT2D eigenvalue weighted by Crippen LogP contribution is 2.23. The number of aryl methyl sites for hydroxylation is 2. The van der Waals surface area contributed by atoms with Gasteiger partial charge in [0, 0.05) is 24.3 Å². The molecule has 3 rings (SSSR count). The highest BCUT2D eigenvalue weighted by molar-refractivity contribution is 7.10. The molecule has 118 valence electrons. The molecule has 0 aliphatic rings. The van der Waals surface area contributed by atoms with Gasteiger partial charge in [-0.3, -0.25) is 4.79 Å². The summed E-state index contributed by atoms with van der Waals surface area (Å²) in [6, 6.07) is 11.8. The first-order valence-electron chi connectivity index (χ1n) is 7.49. The van der Waals surface area contributed by atoms with Crippen molar-refractivity contribution < 1.29 is 4.79 Å². The number of carbonyl (C=O) groups excluding carboxylic acids is 1. The lowest BCUT2D eigenvalue weighted by molar-refractivity contribution is -0.120.